The van der Waals surface area contributed by atoms with Gasteiger partial charge in [0.1, 0.15) is 11.7 Å². The van der Waals surface area contributed by atoms with Gasteiger partial charge >= 0.3 is 0 Å². The fourth-order valence-electron chi connectivity index (χ4n) is 2.12. The van der Waals surface area contributed by atoms with E-state index in [0.717, 1.165) is 17.7 Å². The molecule has 5 heteroatoms. The molecule has 1 atom stereocenters. The van der Waals surface area contributed by atoms with Crippen LogP contribution in [0.4, 0.5) is 0 Å². The minimum atomic E-state index is -0.635. The van der Waals surface area contributed by atoms with Gasteiger partial charge in [-0.15, -0.1) is 0 Å². The number of hydrogen-bond acceptors (Lipinski definition) is 4. The average Bonchev–Trinajstić information content (AvgIpc) is 3.15. The van der Waals surface area contributed by atoms with Crippen molar-refractivity contribution in [3.8, 4) is 6.07 Å². The molecule has 1 saturated carbocycles. The number of carbonyl (C=O) groups is 2. The van der Waals surface area contributed by atoms with Gasteiger partial charge < -0.3 is 0 Å². The molecule has 1 fully saturated rings. The highest BCUT2D eigenvalue weighted by Crippen LogP contribution is 2.37. The summed E-state index contributed by atoms with van der Waals surface area (Å²) in [6.45, 7) is 0. The maximum absolute atomic E-state index is 12.1. The number of amides is 2. The van der Waals surface area contributed by atoms with Crippen molar-refractivity contribution in [2.75, 3.05) is 0 Å². The van der Waals surface area contributed by atoms with Gasteiger partial charge in [0.2, 0.25) is 0 Å². The first kappa shape index (κ1) is 9.97. The van der Waals surface area contributed by atoms with Gasteiger partial charge in [-0.25, -0.2) is 0 Å². The third-order valence-electron chi connectivity index (χ3n) is 3.16. The van der Waals surface area contributed by atoms with Gasteiger partial charge in [0.05, 0.1) is 11.6 Å². The predicted molar refractivity (Wildman–Crippen MR) is 56.9 cm³/mol. The van der Waals surface area contributed by atoms with E-state index in [2.05, 4.69) is 11.1 Å². The second kappa shape index (κ2) is 3.39. The molecule has 0 spiro atoms. The zero-order valence-electron chi connectivity index (χ0n) is 8.96. The van der Waals surface area contributed by atoms with E-state index in [4.69, 9.17) is 5.26 Å². The first-order chi connectivity index (χ1) is 8.24. The van der Waals surface area contributed by atoms with Crippen molar-refractivity contribution < 1.29 is 9.59 Å². The molecular formula is C12H9N3O2. The maximum atomic E-state index is 12.1. The van der Waals surface area contributed by atoms with E-state index in [1.54, 1.807) is 12.1 Å². The minimum Gasteiger partial charge on any atom is -0.268 e. The van der Waals surface area contributed by atoms with Crippen LogP contribution in [0.3, 0.4) is 0 Å². The molecular weight excluding hydrogens is 218 g/mol. The zero-order chi connectivity index (χ0) is 12.0. The summed E-state index contributed by atoms with van der Waals surface area (Å²) in [6.07, 6.45) is 3.28. The number of rotatable bonds is 2. The molecule has 84 valence electrons. The number of nitrogens with zero attached hydrogens (tertiary/aromatic N) is 3. The van der Waals surface area contributed by atoms with Crippen molar-refractivity contribution in [2.24, 2.45) is 5.92 Å². The fourth-order valence-corrected chi connectivity index (χ4v) is 2.12. The molecule has 5 nitrogen and oxygen atoms in total. The van der Waals surface area contributed by atoms with Crippen LogP contribution >= 0.6 is 0 Å². The number of carbonyl (C=O) groups excluding carboxylic acids is 2. The van der Waals surface area contributed by atoms with Gasteiger partial charge in [-0.05, 0) is 30.9 Å². The molecule has 1 aliphatic heterocycles. The number of hydrogen-bond donors (Lipinski definition) is 0. The van der Waals surface area contributed by atoms with Gasteiger partial charge in [0.15, 0.2) is 0 Å². The number of fused-ring (bicyclic) bond motifs is 1. The molecule has 1 aromatic rings. The molecule has 17 heavy (non-hydrogen) atoms. The molecule has 0 N–H and O–H groups in total. The van der Waals surface area contributed by atoms with E-state index in [1.807, 2.05) is 0 Å². The van der Waals surface area contributed by atoms with Crippen LogP contribution in [-0.4, -0.2) is 27.7 Å². The van der Waals surface area contributed by atoms with Crippen LogP contribution < -0.4 is 0 Å². The summed E-state index contributed by atoms with van der Waals surface area (Å²) in [5.41, 5.74) is 0.469. The Hall–Kier alpha value is -2.22. The Morgan fingerprint density at radius 1 is 1.41 bits per heavy atom. The maximum Gasteiger partial charge on any atom is 0.281 e. The van der Waals surface area contributed by atoms with Crippen LogP contribution in [0.1, 0.15) is 33.7 Å². The van der Waals surface area contributed by atoms with E-state index < -0.39 is 17.9 Å². The molecule has 2 heterocycles. The van der Waals surface area contributed by atoms with Crippen LogP contribution in [0, 0.1) is 17.2 Å². The first-order valence-corrected chi connectivity index (χ1v) is 5.46. The lowest BCUT2D eigenvalue weighted by molar-refractivity contribution is 0.0603. The molecule has 2 amide bonds. The Kier molecular flexibility index (Phi) is 1.99. The van der Waals surface area contributed by atoms with E-state index in [0.29, 0.717) is 5.56 Å². The van der Waals surface area contributed by atoms with E-state index in [9.17, 15) is 9.59 Å². The SMILES string of the molecule is N#CC(C1CC1)N1C(=O)c2cccnc2C1=O. The third-order valence-corrected chi connectivity index (χ3v) is 3.16. The first-order valence-electron chi connectivity index (χ1n) is 5.46. The lowest BCUT2D eigenvalue weighted by Gasteiger charge is -2.18. The van der Waals surface area contributed by atoms with Crippen LogP contribution in [-0.2, 0) is 0 Å². The van der Waals surface area contributed by atoms with Gasteiger partial charge in [-0.3, -0.25) is 19.5 Å². The van der Waals surface area contributed by atoms with Crippen molar-refractivity contribution in [3.05, 3.63) is 29.6 Å². The highest BCUT2D eigenvalue weighted by Gasteiger charge is 2.46. The second-order valence-electron chi connectivity index (χ2n) is 4.29. The molecule has 1 unspecified atom stereocenters. The van der Waals surface area contributed by atoms with Crippen molar-refractivity contribution in [2.45, 2.75) is 18.9 Å². The van der Waals surface area contributed by atoms with Gasteiger partial charge in [-0.2, -0.15) is 5.26 Å². The van der Waals surface area contributed by atoms with E-state index >= 15 is 0 Å². The Labute approximate surface area is 97.7 Å². The summed E-state index contributed by atoms with van der Waals surface area (Å²) >= 11 is 0. The molecule has 0 aromatic carbocycles. The van der Waals surface area contributed by atoms with Crippen molar-refractivity contribution >= 4 is 11.8 Å². The Morgan fingerprint density at radius 3 is 2.76 bits per heavy atom. The van der Waals surface area contributed by atoms with Crippen LogP contribution in [0.25, 0.3) is 0 Å². The molecule has 0 radical (unpaired) electrons. The second-order valence-corrected chi connectivity index (χ2v) is 4.29. The van der Waals surface area contributed by atoms with E-state index in [1.165, 1.54) is 6.20 Å². The third kappa shape index (κ3) is 1.34. The molecule has 2 aliphatic rings. The summed E-state index contributed by atoms with van der Waals surface area (Å²) in [4.78, 5) is 29.1. The lowest BCUT2D eigenvalue weighted by atomic mass is 10.2. The quantitative estimate of drug-likeness (QED) is 0.706. The van der Waals surface area contributed by atoms with Crippen LogP contribution in [0.15, 0.2) is 18.3 Å². The summed E-state index contributed by atoms with van der Waals surface area (Å²) < 4.78 is 0. The van der Waals surface area contributed by atoms with E-state index in [-0.39, 0.29) is 11.6 Å². The van der Waals surface area contributed by atoms with Crippen molar-refractivity contribution in [1.29, 1.82) is 5.26 Å². The smallest absolute Gasteiger partial charge is 0.268 e. The highest BCUT2D eigenvalue weighted by molar-refractivity contribution is 6.20. The molecule has 1 aromatic heterocycles. The monoisotopic (exact) mass is 227 g/mol. The highest BCUT2D eigenvalue weighted by atomic mass is 16.2. The largest absolute Gasteiger partial charge is 0.281 e. The summed E-state index contributed by atoms with van der Waals surface area (Å²) in [5.74, 6) is -0.692. The molecule has 3 rings (SSSR count). The number of imide groups is 1. The number of nitriles is 1. The lowest BCUT2D eigenvalue weighted by Crippen LogP contribution is -2.40. The normalized spacial score (nSPS) is 20.1. The zero-order valence-corrected chi connectivity index (χ0v) is 8.96. The molecule has 0 saturated heterocycles. The van der Waals surface area contributed by atoms with Crippen LogP contribution in [0.2, 0.25) is 0 Å². The number of aromatic nitrogens is 1. The molecule has 1 aliphatic carbocycles. The average molecular weight is 227 g/mol. The fraction of sp³-hybridized carbons (Fsp3) is 0.333. The Balaban J connectivity index is 2.03. The van der Waals surface area contributed by atoms with Gasteiger partial charge in [0, 0.05) is 6.20 Å². The van der Waals surface area contributed by atoms with Gasteiger partial charge in [-0.1, -0.05) is 0 Å². The predicted octanol–water partition coefficient (Wildman–Crippen LogP) is 0.980. The summed E-state index contributed by atoms with van der Waals surface area (Å²) in [7, 11) is 0. The Morgan fingerprint density at radius 2 is 2.18 bits per heavy atom. The standard InChI is InChI=1S/C12H9N3O2/c13-6-9(7-3-4-7)15-11(16)8-2-1-5-14-10(8)12(15)17/h1-2,5,7,9H,3-4H2. The van der Waals surface area contributed by atoms with Crippen molar-refractivity contribution in [3.63, 3.8) is 0 Å². The van der Waals surface area contributed by atoms with Gasteiger partial charge in [0.25, 0.3) is 11.8 Å². The summed E-state index contributed by atoms with van der Waals surface area (Å²) in [6, 6.07) is 4.61. The van der Waals surface area contributed by atoms with Crippen LogP contribution in [0.5, 0.6) is 0 Å². The molecule has 0 bridgehead atoms. The summed E-state index contributed by atoms with van der Waals surface area (Å²) in [5, 5.41) is 9.09. The number of pyridine rings is 1. The minimum absolute atomic E-state index is 0.141. The topological polar surface area (TPSA) is 74.1 Å². The van der Waals surface area contributed by atoms with Crippen molar-refractivity contribution in [1.82, 2.24) is 9.88 Å². The Bertz CT molecular complexity index is 522.